The van der Waals surface area contributed by atoms with E-state index in [0.717, 1.165) is 0 Å². The fraction of sp³-hybridized carbons (Fsp3) is 0. The largest absolute Gasteiger partial charge is 1.00 e. The van der Waals surface area contributed by atoms with Gasteiger partial charge in [-0.1, -0.05) is 6.58 Å². The fourth-order valence-electron chi connectivity index (χ4n) is 0.0915. The number of aliphatic carboxylic acids is 2. The molecular formula is C4H5NaO4. The van der Waals surface area contributed by atoms with Gasteiger partial charge in [0.1, 0.15) is 5.57 Å². The van der Waals surface area contributed by atoms with Crippen molar-refractivity contribution >= 4 is 11.9 Å². The first-order valence-electron chi connectivity index (χ1n) is 1.71. The summed E-state index contributed by atoms with van der Waals surface area (Å²) in [5.41, 5.74) is -0.815. The van der Waals surface area contributed by atoms with Crippen molar-refractivity contribution in [2.24, 2.45) is 0 Å². The summed E-state index contributed by atoms with van der Waals surface area (Å²) in [6.07, 6.45) is 0. The van der Waals surface area contributed by atoms with Crippen LogP contribution >= 0.6 is 0 Å². The van der Waals surface area contributed by atoms with Crippen LogP contribution in [-0.4, -0.2) is 22.2 Å². The van der Waals surface area contributed by atoms with E-state index in [1.165, 1.54) is 0 Å². The first kappa shape index (κ1) is 11.5. The van der Waals surface area contributed by atoms with E-state index >= 15 is 0 Å². The fourth-order valence-corrected chi connectivity index (χ4v) is 0.0915. The quantitative estimate of drug-likeness (QED) is 0.183. The molecule has 0 radical (unpaired) electrons. The van der Waals surface area contributed by atoms with Crippen molar-refractivity contribution in [3.05, 3.63) is 12.2 Å². The van der Waals surface area contributed by atoms with Crippen LogP contribution in [0.3, 0.4) is 0 Å². The van der Waals surface area contributed by atoms with E-state index in [4.69, 9.17) is 10.2 Å². The molecule has 0 unspecified atom stereocenters. The Hall–Kier alpha value is -0.320. The number of rotatable bonds is 2. The molecule has 0 aliphatic heterocycles. The summed E-state index contributed by atoms with van der Waals surface area (Å²) in [6, 6.07) is 0. The number of carboxylic acid groups (broad SMARTS) is 2. The zero-order valence-electron chi connectivity index (χ0n) is 5.92. The van der Waals surface area contributed by atoms with E-state index in [9.17, 15) is 9.59 Å². The number of carboxylic acids is 2. The summed E-state index contributed by atoms with van der Waals surface area (Å²) in [5, 5.41) is 15.7. The van der Waals surface area contributed by atoms with Gasteiger partial charge in [0.2, 0.25) is 0 Å². The van der Waals surface area contributed by atoms with Gasteiger partial charge in [0.15, 0.2) is 0 Å². The van der Waals surface area contributed by atoms with E-state index in [-0.39, 0.29) is 31.0 Å². The van der Waals surface area contributed by atoms with Gasteiger partial charge >= 0.3 is 41.5 Å². The summed E-state index contributed by atoms with van der Waals surface area (Å²) >= 11 is 0. The third-order valence-corrected chi connectivity index (χ3v) is 0.516. The Labute approximate surface area is 75.0 Å². The van der Waals surface area contributed by atoms with Crippen molar-refractivity contribution < 1.29 is 50.8 Å². The van der Waals surface area contributed by atoms with Crippen LogP contribution in [0.1, 0.15) is 1.43 Å². The molecule has 0 aromatic heterocycles. The normalized spacial score (nSPS) is 7.11. The molecule has 0 heterocycles. The molecule has 0 aliphatic carbocycles. The molecule has 0 aliphatic rings. The van der Waals surface area contributed by atoms with Gasteiger partial charge in [-0.3, -0.25) is 0 Å². The Morgan fingerprint density at radius 3 is 1.44 bits per heavy atom. The van der Waals surface area contributed by atoms with E-state index in [2.05, 4.69) is 6.58 Å². The maximum absolute atomic E-state index is 9.66. The van der Waals surface area contributed by atoms with Crippen LogP contribution in [0.25, 0.3) is 0 Å². The third-order valence-electron chi connectivity index (χ3n) is 0.516. The Balaban J connectivity index is -0.000000245. The molecule has 2 N–H and O–H groups in total. The van der Waals surface area contributed by atoms with Crippen LogP contribution in [0.5, 0.6) is 0 Å². The Morgan fingerprint density at radius 1 is 1.22 bits per heavy atom. The molecule has 0 aromatic carbocycles. The summed E-state index contributed by atoms with van der Waals surface area (Å²) in [7, 11) is 0. The van der Waals surface area contributed by atoms with Gasteiger partial charge in [0.25, 0.3) is 0 Å². The average molecular weight is 140 g/mol. The minimum Gasteiger partial charge on any atom is -1.00 e. The van der Waals surface area contributed by atoms with Crippen LogP contribution in [0, 0.1) is 0 Å². The second kappa shape index (κ2) is 4.55. The van der Waals surface area contributed by atoms with Crippen LogP contribution in [0.2, 0.25) is 0 Å². The molecule has 0 rings (SSSR count). The van der Waals surface area contributed by atoms with E-state index in [1.54, 1.807) is 0 Å². The van der Waals surface area contributed by atoms with E-state index in [0.29, 0.717) is 0 Å². The summed E-state index contributed by atoms with van der Waals surface area (Å²) < 4.78 is 0. The Kier molecular flexibility index (Phi) is 5.80. The first-order valence-corrected chi connectivity index (χ1v) is 1.71. The van der Waals surface area contributed by atoms with Gasteiger partial charge in [0.05, 0.1) is 0 Å². The number of hydrogen-bond acceptors (Lipinski definition) is 2. The molecule has 0 atom stereocenters. The van der Waals surface area contributed by atoms with Crippen molar-refractivity contribution in [2.45, 2.75) is 0 Å². The van der Waals surface area contributed by atoms with Crippen molar-refractivity contribution in [2.75, 3.05) is 0 Å². The van der Waals surface area contributed by atoms with Crippen molar-refractivity contribution in [3.63, 3.8) is 0 Å². The van der Waals surface area contributed by atoms with Crippen molar-refractivity contribution in [1.29, 1.82) is 0 Å². The number of carbonyl (C=O) groups is 2. The van der Waals surface area contributed by atoms with Gasteiger partial charge in [-0.2, -0.15) is 0 Å². The minimum absolute atomic E-state index is 0. The molecule has 46 valence electrons. The molecule has 0 fully saturated rings. The van der Waals surface area contributed by atoms with E-state index < -0.39 is 17.5 Å². The van der Waals surface area contributed by atoms with Gasteiger partial charge in [-0.05, 0) is 0 Å². The molecular weight excluding hydrogens is 135 g/mol. The van der Waals surface area contributed by atoms with Crippen LogP contribution in [0.15, 0.2) is 12.2 Å². The SMILES string of the molecule is C=C(C(=O)O)C(=O)O.[H-].[Na+]. The Morgan fingerprint density at radius 2 is 1.44 bits per heavy atom. The third kappa shape index (κ3) is 4.20. The second-order valence-electron chi connectivity index (χ2n) is 1.09. The predicted molar refractivity (Wildman–Crippen MR) is 25.5 cm³/mol. The summed E-state index contributed by atoms with van der Waals surface area (Å²) in [4.78, 5) is 19.3. The molecule has 0 bridgehead atoms. The van der Waals surface area contributed by atoms with Crippen LogP contribution < -0.4 is 29.6 Å². The Bertz CT molecular complexity index is 139. The van der Waals surface area contributed by atoms with Gasteiger partial charge in [0, 0.05) is 0 Å². The first-order chi connectivity index (χ1) is 3.55. The second-order valence-corrected chi connectivity index (χ2v) is 1.09. The molecule has 0 saturated carbocycles. The zero-order valence-corrected chi connectivity index (χ0v) is 6.92. The number of hydrogen-bond donors (Lipinski definition) is 2. The summed E-state index contributed by atoms with van der Waals surface area (Å²) in [6.45, 7) is 2.75. The van der Waals surface area contributed by atoms with Crippen LogP contribution in [0.4, 0.5) is 0 Å². The maximum Gasteiger partial charge on any atom is 1.00 e. The molecule has 0 spiro atoms. The maximum atomic E-state index is 9.66. The molecule has 4 nitrogen and oxygen atoms in total. The predicted octanol–water partition coefficient (Wildman–Crippen LogP) is -3.17. The molecule has 0 amide bonds. The smallest absolute Gasteiger partial charge is 1.00 e. The van der Waals surface area contributed by atoms with Crippen molar-refractivity contribution in [3.8, 4) is 0 Å². The van der Waals surface area contributed by atoms with Gasteiger partial charge in [-0.15, -0.1) is 0 Å². The summed E-state index contributed by atoms with van der Waals surface area (Å²) in [5.74, 6) is -3.00. The topological polar surface area (TPSA) is 74.6 Å². The molecule has 5 heteroatoms. The van der Waals surface area contributed by atoms with Crippen molar-refractivity contribution in [1.82, 2.24) is 0 Å². The zero-order chi connectivity index (χ0) is 6.73. The average Bonchev–Trinajstić information content (AvgIpc) is 1.64. The molecule has 0 aromatic rings. The molecule has 9 heavy (non-hydrogen) atoms. The monoisotopic (exact) mass is 140 g/mol. The van der Waals surface area contributed by atoms with Crippen LogP contribution in [-0.2, 0) is 9.59 Å². The van der Waals surface area contributed by atoms with Gasteiger partial charge in [-0.25, -0.2) is 9.59 Å². The van der Waals surface area contributed by atoms with E-state index in [1.807, 2.05) is 0 Å². The standard InChI is InChI=1S/C4H4O4.Na.H/c1-2(3(5)6)4(7)8;;/h1H2,(H,5,6)(H,7,8);;/q;+1;-1. The minimum atomic E-state index is -1.50. The molecule has 0 saturated heterocycles. The van der Waals surface area contributed by atoms with Gasteiger partial charge < -0.3 is 11.6 Å².